The van der Waals surface area contributed by atoms with Crippen molar-refractivity contribution in [3.05, 3.63) is 36.1 Å². The highest BCUT2D eigenvalue weighted by Crippen LogP contribution is 2.29. The van der Waals surface area contributed by atoms with Gasteiger partial charge in [-0.25, -0.2) is 0 Å². The zero-order valence-corrected chi connectivity index (χ0v) is 9.28. The van der Waals surface area contributed by atoms with Crippen LogP contribution in [0.4, 0.5) is 26.3 Å². The lowest BCUT2D eigenvalue weighted by Gasteiger charge is -2.08. The molecule has 0 unspecified atom stereocenters. The van der Waals surface area contributed by atoms with Gasteiger partial charge >= 0.3 is 12.4 Å². The van der Waals surface area contributed by atoms with Crippen LogP contribution < -0.4 is 5.73 Å². The Morgan fingerprint density at radius 3 is 1.59 bits per heavy atom. The third-order valence-electron chi connectivity index (χ3n) is 1.34. The van der Waals surface area contributed by atoms with Gasteiger partial charge in [-0.3, -0.25) is 0 Å². The number of alkyl halides is 6. The van der Waals surface area contributed by atoms with E-state index in [1.54, 1.807) is 0 Å². The largest absolute Gasteiger partial charge is 0.417 e. The van der Waals surface area contributed by atoms with E-state index < -0.39 is 23.5 Å². The quantitative estimate of drug-likeness (QED) is 0.588. The molecule has 0 aliphatic rings. The Hall–Kier alpha value is -1.40. The number of allylic oxidation sites excluding steroid dienone is 4. The third-order valence-corrected chi connectivity index (χ3v) is 1.34. The van der Waals surface area contributed by atoms with Gasteiger partial charge in [-0.1, -0.05) is 20.4 Å². The van der Waals surface area contributed by atoms with Crippen molar-refractivity contribution in [1.29, 1.82) is 0 Å². The minimum Gasteiger partial charge on any atom is -0.404 e. The molecule has 0 rings (SSSR count). The molecule has 0 aromatic rings. The van der Waals surface area contributed by atoms with Gasteiger partial charge in [0, 0.05) is 11.8 Å². The first-order chi connectivity index (χ1) is 7.59. The third kappa shape index (κ3) is 7.48. The molecule has 17 heavy (non-hydrogen) atoms. The molecule has 0 fully saturated rings. The predicted molar refractivity (Wildman–Crippen MR) is 54.0 cm³/mol. The molecule has 0 aliphatic heterocycles. The highest BCUT2D eigenvalue weighted by atomic mass is 19.4. The lowest BCUT2D eigenvalue weighted by molar-refractivity contribution is -0.0907. The zero-order chi connectivity index (χ0) is 14.3. The highest BCUT2D eigenvalue weighted by molar-refractivity contribution is 5.30. The summed E-state index contributed by atoms with van der Waals surface area (Å²) in [6.45, 7) is 6.57. The number of nitrogens with two attached hydrogens (primary N) is 1. The average Bonchev–Trinajstić information content (AvgIpc) is 2.18. The number of hydrogen-bond donors (Lipinski definition) is 1. The van der Waals surface area contributed by atoms with Crippen LogP contribution in [-0.4, -0.2) is 12.4 Å². The number of rotatable bonds is 2. The van der Waals surface area contributed by atoms with Crippen LogP contribution in [0.1, 0.15) is 13.8 Å². The maximum Gasteiger partial charge on any atom is 0.417 e. The predicted octanol–water partition coefficient (Wildman–Crippen LogP) is 4.09. The summed E-state index contributed by atoms with van der Waals surface area (Å²) in [7, 11) is 0. The maximum absolute atomic E-state index is 12.0. The summed E-state index contributed by atoms with van der Waals surface area (Å²) in [4.78, 5) is 0. The summed E-state index contributed by atoms with van der Waals surface area (Å²) >= 11 is 0. The van der Waals surface area contributed by atoms with Gasteiger partial charge in [-0.15, -0.1) is 0 Å². The number of halogens is 6. The smallest absolute Gasteiger partial charge is 0.404 e. The van der Waals surface area contributed by atoms with E-state index in [9.17, 15) is 26.3 Å². The van der Waals surface area contributed by atoms with Crippen LogP contribution in [0.2, 0.25) is 0 Å². The SMILES string of the molecule is C=C(/C=C\C(=C/N)C(F)(F)F)C(F)(F)F.CC. The van der Waals surface area contributed by atoms with E-state index >= 15 is 0 Å². The molecule has 100 valence electrons. The molecule has 0 aromatic heterocycles. The molecule has 0 aromatic carbocycles. The summed E-state index contributed by atoms with van der Waals surface area (Å²) < 4.78 is 71.3. The molecule has 0 atom stereocenters. The first-order valence-electron chi connectivity index (χ1n) is 4.52. The van der Waals surface area contributed by atoms with Crippen LogP contribution >= 0.6 is 0 Å². The molecule has 1 nitrogen and oxygen atoms in total. The Labute approximate surface area is 95.3 Å². The van der Waals surface area contributed by atoms with Crippen molar-refractivity contribution in [3.63, 3.8) is 0 Å². The van der Waals surface area contributed by atoms with Crippen molar-refractivity contribution in [2.45, 2.75) is 26.2 Å². The second-order valence-electron chi connectivity index (χ2n) is 2.48. The highest BCUT2D eigenvalue weighted by Gasteiger charge is 2.33. The van der Waals surface area contributed by atoms with Crippen molar-refractivity contribution in [2.24, 2.45) is 5.73 Å². The molecular formula is C10H13F6N. The molecule has 0 aliphatic carbocycles. The fourth-order valence-corrected chi connectivity index (χ4v) is 0.529. The van der Waals surface area contributed by atoms with Gasteiger partial charge in [0.2, 0.25) is 0 Å². The molecule has 0 heterocycles. The molecular weight excluding hydrogens is 248 g/mol. The Bertz CT molecular complexity index is 295. The fourth-order valence-electron chi connectivity index (χ4n) is 0.529. The van der Waals surface area contributed by atoms with E-state index in [0.29, 0.717) is 0 Å². The molecule has 0 spiro atoms. The van der Waals surface area contributed by atoms with Crippen molar-refractivity contribution >= 4 is 0 Å². The Morgan fingerprint density at radius 1 is 0.941 bits per heavy atom. The molecule has 0 radical (unpaired) electrons. The normalized spacial score (nSPS) is 13.3. The van der Waals surface area contributed by atoms with E-state index in [4.69, 9.17) is 0 Å². The summed E-state index contributed by atoms with van der Waals surface area (Å²) in [6, 6.07) is 0. The van der Waals surface area contributed by atoms with Crippen LogP contribution in [0.25, 0.3) is 0 Å². The van der Waals surface area contributed by atoms with Gasteiger partial charge in [-0.05, 0) is 12.2 Å². The van der Waals surface area contributed by atoms with Gasteiger partial charge in [0.1, 0.15) is 0 Å². The van der Waals surface area contributed by atoms with Gasteiger partial charge in [0.05, 0.1) is 5.57 Å². The molecule has 0 bridgehead atoms. The fraction of sp³-hybridized carbons (Fsp3) is 0.400. The van der Waals surface area contributed by atoms with Gasteiger partial charge in [0.25, 0.3) is 0 Å². The zero-order valence-electron chi connectivity index (χ0n) is 9.28. The van der Waals surface area contributed by atoms with Crippen LogP contribution in [0.5, 0.6) is 0 Å². The molecule has 0 saturated heterocycles. The maximum atomic E-state index is 12.0. The molecule has 0 amide bonds. The van der Waals surface area contributed by atoms with Crippen LogP contribution in [0.3, 0.4) is 0 Å². The molecule has 2 N–H and O–H groups in total. The lowest BCUT2D eigenvalue weighted by Crippen LogP contribution is -2.13. The van der Waals surface area contributed by atoms with E-state index in [0.717, 1.165) is 0 Å². The van der Waals surface area contributed by atoms with E-state index in [2.05, 4.69) is 12.3 Å². The van der Waals surface area contributed by atoms with Crippen LogP contribution in [-0.2, 0) is 0 Å². The Morgan fingerprint density at radius 2 is 1.35 bits per heavy atom. The second-order valence-corrected chi connectivity index (χ2v) is 2.48. The Balaban J connectivity index is 0. The molecule has 0 saturated carbocycles. The number of hydrogen-bond acceptors (Lipinski definition) is 1. The van der Waals surface area contributed by atoms with Crippen molar-refractivity contribution in [3.8, 4) is 0 Å². The van der Waals surface area contributed by atoms with Gasteiger partial charge in [-0.2, -0.15) is 26.3 Å². The summed E-state index contributed by atoms with van der Waals surface area (Å²) in [5.41, 5.74) is 1.86. The summed E-state index contributed by atoms with van der Waals surface area (Å²) in [5.74, 6) is 0. The molecule has 7 heteroatoms. The first kappa shape index (κ1) is 18.0. The Kier molecular flexibility index (Phi) is 7.43. The lowest BCUT2D eigenvalue weighted by atomic mass is 10.2. The van der Waals surface area contributed by atoms with Gasteiger partial charge in [0.15, 0.2) is 0 Å². The topological polar surface area (TPSA) is 26.0 Å². The minimum absolute atomic E-state index is 0.181. The monoisotopic (exact) mass is 261 g/mol. The van der Waals surface area contributed by atoms with E-state index in [1.165, 1.54) is 0 Å². The van der Waals surface area contributed by atoms with Crippen molar-refractivity contribution in [1.82, 2.24) is 0 Å². The van der Waals surface area contributed by atoms with Crippen LogP contribution in [0, 0.1) is 0 Å². The van der Waals surface area contributed by atoms with Gasteiger partial charge < -0.3 is 5.73 Å². The van der Waals surface area contributed by atoms with Crippen LogP contribution in [0.15, 0.2) is 36.1 Å². The standard InChI is InChI=1S/C8H7F6N.C2H6/c1-5(7(9,10)11)2-3-6(4-15)8(12,13)14;1-2/h2-4H,1,15H2;1-2H3/b3-2-,6-4+;. The van der Waals surface area contributed by atoms with Crippen molar-refractivity contribution < 1.29 is 26.3 Å². The second kappa shape index (κ2) is 7.03. The minimum atomic E-state index is -4.78. The average molecular weight is 261 g/mol. The van der Waals surface area contributed by atoms with Crippen molar-refractivity contribution in [2.75, 3.05) is 0 Å². The van der Waals surface area contributed by atoms with E-state index in [-0.39, 0.29) is 18.4 Å². The van der Waals surface area contributed by atoms with E-state index in [1.807, 2.05) is 13.8 Å². The summed E-state index contributed by atoms with van der Waals surface area (Å²) in [6.07, 6.45) is -8.92. The summed E-state index contributed by atoms with van der Waals surface area (Å²) in [5, 5.41) is 0. The first-order valence-corrected chi connectivity index (χ1v) is 4.52.